The molecule has 110 valence electrons. The smallest absolute Gasteiger partial charge is 0.0952 e. The molecular weight excluding hydrogens is 278 g/mol. The Bertz CT molecular complexity index is 726. The van der Waals surface area contributed by atoms with Crippen LogP contribution in [0.25, 0.3) is 10.1 Å². The summed E-state index contributed by atoms with van der Waals surface area (Å²) in [7, 11) is 0. The van der Waals surface area contributed by atoms with Crippen molar-refractivity contribution in [2.75, 3.05) is 0 Å². The van der Waals surface area contributed by atoms with E-state index < -0.39 is 0 Å². The normalized spacial score (nSPS) is 13.1. The van der Waals surface area contributed by atoms with Gasteiger partial charge in [0, 0.05) is 29.5 Å². The number of hydrogen-bond donors (Lipinski definition) is 1. The molecule has 0 aliphatic heterocycles. The van der Waals surface area contributed by atoms with E-state index >= 15 is 0 Å². The largest absolute Gasteiger partial charge is 0.335 e. The van der Waals surface area contributed by atoms with Crippen molar-refractivity contribution in [3.05, 3.63) is 53.4 Å². The van der Waals surface area contributed by atoms with Gasteiger partial charge in [0.1, 0.15) is 0 Å². The maximum atomic E-state index is 4.46. The van der Waals surface area contributed by atoms with Crippen molar-refractivity contribution in [2.24, 2.45) is 0 Å². The van der Waals surface area contributed by atoms with Gasteiger partial charge in [0.05, 0.1) is 12.0 Å². The van der Waals surface area contributed by atoms with Crippen LogP contribution in [0.4, 0.5) is 0 Å². The molecule has 0 fully saturated rings. The van der Waals surface area contributed by atoms with Gasteiger partial charge in [-0.05, 0) is 43.2 Å². The van der Waals surface area contributed by atoms with Crippen LogP contribution < -0.4 is 5.32 Å². The third-order valence-electron chi connectivity index (χ3n) is 3.82. The predicted molar refractivity (Wildman–Crippen MR) is 89.7 cm³/mol. The molecule has 2 aromatic heterocycles. The highest BCUT2D eigenvalue weighted by atomic mass is 32.1. The minimum Gasteiger partial charge on any atom is -0.335 e. The van der Waals surface area contributed by atoms with Gasteiger partial charge in [0.15, 0.2) is 0 Å². The first kappa shape index (κ1) is 14.3. The summed E-state index contributed by atoms with van der Waals surface area (Å²) < 4.78 is 3.52. The summed E-state index contributed by atoms with van der Waals surface area (Å²) in [5.41, 5.74) is 2.46. The number of nitrogens with one attached hydrogen (secondary N) is 1. The number of benzene rings is 1. The van der Waals surface area contributed by atoms with Gasteiger partial charge in [-0.3, -0.25) is 0 Å². The van der Waals surface area contributed by atoms with Crippen molar-refractivity contribution in [1.29, 1.82) is 0 Å². The van der Waals surface area contributed by atoms with Crippen LogP contribution in [0.5, 0.6) is 0 Å². The molecule has 0 radical (unpaired) electrons. The number of fused-ring (bicyclic) bond motifs is 1. The molecule has 1 atom stereocenters. The molecule has 0 saturated carbocycles. The zero-order chi connectivity index (χ0) is 14.8. The Morgan fingerprint density at radius 2 is 2.10 bits per heavy atom. The maximum absolute atomic E-state index is 4.46. The summed E-state index contributed by atoms with van der Waals surface area (Å²) in [6, 6.07) is 9.48. The predicted octanol–water partition coefficient (Wildman–Crippen LogP) is 4.53. The SMILES string of the molecule is CC(NCc1cn(C(C)C)cn1)c1cccc2ccsc12. The second-order valence-electron chi connectivity index (χ2n) is 5.69. The third-order valence-corrected chi connectivity index (χ3v) is 4.80. The van der Waals surface area contributed by atoms with Gasteiger partial charge < -0.3 is 9.88 Å². The average molecular weight is 299 g/mol. The molecule has 3 nitrogen and oxygen atoms in total. The number of aromatic nitrogens is 2. The molecule has 0 saturated heterocycles. The Labute approximate surface area is 129 Å². The van der Waals surface area contributed by atoms with E-state index in [2.05, 4.69) is 71.5 Å². The summed E-state index contributed by atoms with van der Waals surface area (Å²) in [4.78, 5) is 4.46. The van der Waals surface area contributed by atoms with E-state index in [4.69, 9.17) is 0 Å². The lowest BCUT2D eigenvalue weighted by atomic mass is 10.1. The molecular formula is C17H21N3S. The molecule has 2 heterocycles. The lowest BCUT2D eigenvalue weighted by Gasteiger charge is -2.14. The average Bonchev–Trinajstić information content (AvgIpc) is 3.12. The zero-order valence-electron chi connectivity index (χ0n) is 12.7. The second-order valence-corrected chi connectivity index (χ2v) is 6.61. The molecule has 0 aliphatic rings. The number of imidazole rings is 1. The van der Waals surface area contributed by atoms with Gasteiger partial charge in [-0.1, -0.05) is 18.2 Å². The fourth-order valence-corrected chi connectivity index (χ4v) is 3.48. The van der Waals surface area contributed by atoms with Gasteiger partial charge in [-0.25, -0.2) is 4.98 Å². The standard InChI is InChI=1S/C17H21N3S/c1-12(2)20-10-15(19-11-20)9-18-13(3)16-6-4-5-14-7-8-21-17(14)16/h4-8,10-13,18H,9H2,1-3H3. The molecule has 1 N–H and O–H groups in total. The van der Waals surface area contributed by atoms with Gasteiger partial charge in [-0.2, -0.15) is 0 Å². The zero-order valence-corrected chi connectivity index (χ0v) is 13.5. The summed E-state index contributed by atoms with van der Waals surface area (Å²) in [5, 5.41) is 7.07. The Morgan fingerprint density at radius 1 is 1.24 bits per heavy atom. The molecule has 1 unspecified atom stereocenters. The highest BCUT2D eigenvalue weighted by molar-refractivity contribution is 7.17. The van der Waals surface area contributed by atoms with E-state index in [9.17, 15) is 0 Å². The van der Waals surface area contributed by atoms with Crippen LogP contribution in [0.3, 0.4) is 0 Å². The molecule has 3 aromatic rings. The summed E-state index contributed by atoms with van der Waals surface area (Å²) in [5.74, 6) is 0. The maximum Gasteiger partial charge on any atom is 0.0952 e. The van der Waals surface area contributed by atoms with Crippen molar-refractivity contribution >= 4 is 21.4 Å². The Morgan fingerprint density at radius 3 is 2.86 bits per heavy atom. The highest BCUT2D eigenvalue weighted by Crippen LogP contribution is 2.28. The number of hydrogen-bond acceptors (Lipinski definition) is 3. The summed E-state index contributed by atoms with van der Waals surface area (Å²) in [6.07, 6.45) is 4.03. The minimum atomic E-state index is 0.316. The summed E-state index contributed by atoms with van der Waals surface area (Å²) in [6.45, 7) is 7.34. The molecule has 4 heteroatoms. The molecule has 0 amide bonds. The molecule has 0 bridgehead atoms. The third kappa shape index (κ3) is 3.01. The number of nitrogens with zero attached hydrogens (tertiary/aromatic N) is 2. The van der Waals surface area contributed by atoms with Crippen LogP contribution in [-0.4, -0.2) is 9.55 Å². The van der Waals surface area contributed by atoms with E-state index in [1.54, 1.807) is 0 Å². The molecule has 0 spiro atoms. The van der Waals surface area contributed by atoms with Gasteiger partial charge in [0.25, 0.3) is 0 Å². The van der Waals surface area contributed by atoms with E-state index in [-0.39, 0.29) is 0 Å². The van der Waals surface area contributed by atoms with Gasteiger partial charge in [0.2, 0.25) is 0 Å². The summed E-state index contributed by atoms with van der Waals surface area (Å²) >= 11 is 1.81. The van der Waals surface area contributed by atoms with Crippen LogP contribution in [-0.2, 0) is 6.54 Å². The van der Waals surface area contributed by atoms with Gasteiger partial charge >= 0.3 is 0 Å². The first-order valence-corrected chi connectivity index (χ1v) is 8.25. The number of thiophene rings is 1. The van der Waals surface area contributed by atoms with Crippen LogP contribution in [0, 0.1) is 0 Å². The molecule has 0 aliphatic carbocycles. The quantitative estimate of drug-likeness (QED) is 0.750. The molecule has 3 rings (SSSR count). The van der Waals surface area contributed by atoms with E-state index in [1.165, 1.54) is 15.6 Å². The highest BCUT2D eigenvalue weighted by Gasteiger charge is 2.10. The van der Waals surface area contributed by atoms with Crippen LogP contribution in [0.2, 0.25) is 0 Å². The van der Waals surface area contributed by atoms with E-state index in [1.807, 2.05) is 17.7 Å². The first-order chi connectivity index (χ1) is 10.1. The van der Waals surface area contributed by atoms with Crippen molar-refractivity contribution in [3.63, 3.8) is 0 Å². The number of rotatable bonds is 5. The van der Waals surface area contributed by atoms with E-state index in [0.717, 1.165) is 12.2 Å². The van der Waals surface area contributed by atoms with Crippen LogP contribution in [0.1, 0.15) is 44.1 Å². The molecule has 1 aromatic carbocycles. The Balaban J connectivity index is 1.71. The van der Waals surface area contributed by atoms with Gasteiger partial charge in [-0.15, -0.1) is 11.3 Å². The lowest BCUT2D eigenvalue weighted by molar-refractivity contribution is 0.569. The van der Waals surface area contributed by atoms with E-state index in [0.29, 0.717) is 12.1 Å². The van der Waals surface area contributed by atoms with Crippen LogP contribution >= 0.6 is 11.3 Å². The molecule has 21 heavy (non-hydrogen) atoms. The fraction of sp³-hybridized carbons (Fsp3) is 0.353. The Kier molecular flexibility index (Phi) is 4.08. The fourth-order valence-electron chi connectivity index (χ4n) is 2.48. The van der Waals surface area contributed by atoms with Crippen molar-refractivity contribution < 1.29 is 0 Å². The lowest BCUT2D eigenvalue weighted by Crippen LogP contribution is -2.18. The Hall–Kier alpha value is -1.65. The van der Waals surface area contributed by atoms with Crippen LogP contribution in [0.15, 0.2) is 42.2 Å². The second kappa shape index (κ2) is 6.00. The topological polar surface area (TPSA) is 29.9 Å². The monoisotopic (exact) mass is 299 g/mol. The van der Waals surface area contributed by atoms with Crippen molar-refractivity contribution in [2.45, 2.75) is 39.4 Å². The minimum absolute atomic E-state index is 0.316. The van der Waals surface area contributed by atoms with Crippen molar-refractivity contribution in [1.82, 2.24) is 14.9 Å². The van der Waals surface area contributed by atoms with Crippen molar-refractivity contribution in [3.8, 4) is 0 Å². The first-order valence-electron chi connectivity index (χ1n) is 7.37.